The highest BCUT2D eigenvalue weighted by Crippen LogP contribution is 2.29. The van der Waals surface area contributed by atoms with Crippen LogP contribution in [0.3, 0.4) is 0 Å². The fraction of sp³-hybridized carbons (Fsp3) is 0.263. The van der Waals surface area contributed by atoms with Crippen LogP contribution in [0.25, 0.3) is 0 Å². The molecule has 0 aliphatic carbocycles. The molecule has 1 heteroatoms. The van der Waals surface area contributed by atoms with Gasteiger partial charge in [-0.2, -0.15) is 0 Å². The van der Waals surface area contributed by atoms with E-state index < -0.39 is 0 Å². The van der Waals surface area contributed by atoms with E-state index >= 15 is 0 Å². The van der Waals surface area contributed by atoms with Gasteiger partial charge in [-0.15, -0.1) is 0 Å². The third-order valence-corrected chi connectivity index (χ3v) is 3.71. The Morgan fingerprint density at radius 1 is 1.00 bits per heavy atom. The van der Waals surface area contributed by atoms with Crippen molar-refractivity contribution in [3.63, 3.8) is 0 Å². The van der Waals surface area contributed by atoms with Gasteiger partial charge in [-0.05, 0) is 31.4 Å². The summed E-state index contributed by atoms with van der Waals surface area (Å²) in [6, 6.07) is 19.5. The van der Waals surface area contributed by atoms with E-state index in [0.717, 1.165) is 6.42 Å². The predicted octanol–water partition coefficient (Wildman–Crippen LogP) is 4.42. The van der Waals surface area contributed by atoms with E-state index in [2.05, 4.69) is 74.5 Å². The molecule has 2 rings (SSSR count). The quantitative estimate of drug-likeness (QED) is 0.796. The van der Waals surface area contributed by atoms with E-state index in [9.17, 15) is 0 Å². The van der Waals surface area contributed by atoms with Gasteiger partial charge in [0.15, 0.2) is 0 Å². The second-order valence-corrected chi connectivity index (χ2v) is 5.36. The molecule has 0 aromatic heterocycles. The molecule has 0 bridgehead atoms. The minimum absolute atomic E-state index is 0.401. The summed E-state index contributed by atoms with van der Waals surface area (Å²) in [5.74, 6) is 0.401. The molecule has 0 fully saturated rings. The van der Waals surface area contributed by atoms with Crippen LogP contribution in [0.4, 0.5) is 0 Å². The maximum absolute atomic E-state index is 5.69. The molecule has 0 amide bonds. The fourth-order valence-corrected chi connectivity index (χ4v) is 2.35. The van der Waals surface area contributed by atoms with Crippen LogP contribution in [-0.2, 0) is 0 Å². The highest BCUT2D eigenvalue weighted by molar-refractivity contribution is 5.34. The third kappa shape index (κ3) is 3.82. The molecule has 0 radical (unpaired) electrons. The van der Waals surface area contributed by atoms with Crippen LogP contribution in [0.5, 0.6) is 0 Å². The van der Waals surface area contributed by atoms with Crippen molar-refractivity contribution >= 4 is 0 Å². The molecule has 1 nitrogen and oxygen atoms in total. The molecule has 0 aliphatic rings. The molecule has 20 heavy (non-hydrogen) atoms. The third-order valence-electron chi connectivity index (χ3n) is 3.71. The number of hydrogen-bond donors (Lipinski definition) is 1. The number of nitrogens with two attached hydrogens (primary N) is 1. The number of allylic oxidation sites excluding steroid dienone is 1. The van der Waals surface area contributed by atoms with Crippen LogP contribution >= 0.6 is 0 Å². The fourth-order valence-electron chi connectivity index (χ4n) is 2.35. The lowest BCUT2D eigenvalue weighted by molar-refractivity contribution is 0.821. The van der Waals surface area contributed by atoms with E-state index in [-0.39, 0.29) is 0 Å². The van der Waals surface area contributed by atoms with Gasteiger partial charge >= 0.3 is 0 Å². The van der Waals surface area contributed by atoms with Crippen molar-refractivity contribution < 1.29 is 0 Å². The zero-order valence-electron chi connectivity index (χ0n) is 12.3. The molecule has 2 aromatic rings. The summed E-state index contributed by atoms with van der Waals surface area (Å²) in [7, 11) is 0. The average Bonchev–Trinajstić information content (AvgIpc) is 2.50. The Morgan fingerprint density at radius 2 is 1.60 bits per heavy atom. The summed E-state index contributed by atoms with van der Waals surface area (Å²) in [6.45, 7) is 4.85. The molecule has 2 aromatic carbocycles. The molecule has 0 saturated carbocycles. The van der Waals surface area contributed by atoms with Crippen LogP contribution in [0.15, 0.2) is 66.2 Å². The lowest BCUT2D eigenvalue weighted by Gasteiger charge is -2.17. The zero-order chi connectivity index (χ0) is 14.4. The normalized spacial score (nSPS) is 13.2. The Hall–Kier alpha value is -1.86. The first-order valence-electron chi connectivity index (χ1n) is 7.18. The van der Waals surface area contributed by atoms with Crippen LogP contribution in [0.1, 0.15) is 36.0 Å². The lowest BCUT2D eigenvalue weighted by Crippen LogP contribution is -2.03. The second-order valence-electron chi connectivity index (χ2n) is 5.36. The minimum atomic E-state index is 0.401. The first-order chi connectivity index (χ1) is 9.70. The van der Waals surface area contributed by atoms with E-state index in [1.807, 2.05) is 0 Å². The van der Waals surface area contributed by atoms with Crippen LogP contribution in [-0.4, -0.2) is 6.54 Å². The molecular weight excluding hydrogens is 242 g/mol. The SMILES string of the molecule is C/C(=C/CC(c1ccccc1)c1ccc(C)cc1)CN. The largest absolute Gasteiger partial charge is 0.327 e. The van der Waals surface area contributed by atoms with Crippen molar-refractivity contribution in [3.05, 3.63) is 82.9 Å². The van der Waals surface area contributed by atoms with Gasteiger partial charge in [0.1, 0.15) is 0 Å². The van der Waals surface area contributed by atoms with E-state index in [0.29, 0.717) is 12.5 Å². The Bertz CT molecular complexity index is 552. The van der Waals surface area contributed by atoms with Gasteiger partial charge in [-0.25, -0.2) is 0 Å². The van der Waals surface area contributed by atoms with Crippen molar-refractivity contribution in [1.82, 2.24) is 0 Å². The van der Waals surface area contributed by atoms with Crippen LogP contribution < -0.4 is 5.73 Å². The smallest absolute Gasteiger partial charge is 0.0134 e. The summed E-state index contributed by atoms with van der Waals surface area (Å²) in [6.07, 6.45) is 3.26. The molecule has 2 N–H and O–H groups in total. The topological polar surface area (TPSA) is 26.0 Å². The summed E-state index contributed by atoms with van der Waals surface area (Å²) in [4.78, 5) is 0. The molecule has 0 heterocycles. The average molecular weight is 265 g/mol. The molecule has 1 unspecified atom stereocenters. The van der Waals surface area contributed by atoms with Crippen LogP contribution in [0, 0.1) is 6.92 Å². The highest BCUT2D eigenvalue weighted by Gasteiger charge is 2.12. The van der Waals surface area contributed by atoms with Gasteiger partial charge in [0.2, 0.25) is 0 Å². The number of rotatable bonds is 5. The monoisotopic (exact) mass is 265 g/mol. The number of aryl methyl sites for hydroxylation is 1. The van der Waals surface area contributed by atoms with Gasteiger partial charge in [0.05, 0.1) is 0 Å². The van der Waals surface area contributed by atoms with Crippen molar-refractivity contribution in [2.24, 2.45) is 5.73 Å². The molecule has 0 saturated heterocycles. The van der Waals surface area contributed by atoms with Gasteiger partial charge in [-0.3, -0.25) is 0 Å². The summed E-state index contributed by atoms with van der Waals surface area (Å²) in [5, 5.41) is 0. The number of benzene rings is 2. The van der Waals surface area contributed by atoms with Crippen molar-refractivity contribution in [2.45, 2.75) is 26.2 Å². The molecule has 0 spiro atoms. The second kappa shape index (κ2) is 7.06. The highest BCUT2D eigenvalue weighted by atomic mass is 14.5. The van der Waals surface area contributed by atoms with E-state index in [1.54, 1.807) is 0 Å². The standard InChI is InChI=1S/C19H23N/c1-15-8-11-18(12-9-15)19(13-10-16(2)14-20)17-6-4-3-5-7-17/h3-12,19H,13-14,20H2,1-2H3/b16-10-. The van der Waals surface area contributed by atoms with Crippen molar-refractivity contribution in [2.75, 3.05) is 6.54 Å². The summed E-state index contributed by atoms with van der Waals surface area (Å²) in [5.41, 5.74) is 11.0. The Labute approximate surface area is 122 Å². The van der Waals surface area contributed by atoms with Gasteiger partial charge < -0.3 is 5.73 Å². The maximum atomic E-state index is 5.69. The van der Waals surface area contributed by atoms with Gasteiger partial charge in [0.25, 0.3) is 0 Å². The van der Waals surface area contributed by atoms with Gasteiger partial charge in [-0.1, -0.05) is 71.8 Å². The molecule has 1 atom stereocenters. The summed E-state index contributed by atoms with van der Waals surface area (Å²) >= 11 is 0. The summed E-state index contributed by atoms with van der Waals surface area (Å²) < 4.78 is 0. The van der Waals surface area contributed by atoms with Gasteiger partial charge in [0, 0.05) is 12.5 Å². The van der Waals surface area contributed by atoms with Crippen molar-refractivity contribution in [1.29, 1.82) is 0 Å². The molecular formula is C19H23N. The van der Waals surface area contributed by atoms with Crippen LogP contribution in [0.2, 0.25) is 0 Å². The maximum Gasteiger partial charge on any atom is 0.0134 e. The number of hydrogen-bond acceptors (Lipinski definition) is 1. The van der Waals surface area contributed by atoms with E-state index in [4.69, 9.17) is 5.73 Å². The first-order valence-corrected chi connectivity index (χ1v) is 7.18. The first kappa shape index (κ1) is 14.5. The Balaban J connectivity index is 2.31. The lowest BCUT2D eigenvalue weighted by atomic mass is 9.87. The Kier molecular flexibility index (Phi) is 5.14. The van der Waals surface area contributed by atoms with E-state index in [1.165, 1.54) is 22.3 Å². The zero-order valence-corrected chi connectivity index (χ0v) is 12.3. The Morgan fingerprint density at radius 3 is 2.20 bits per heavy atom. The molecule has 104 valence electrons. The predicted molar refractivity (Wildman–Crippen MR) is 86.9 cm³/mol. The van der Waals surface area contributed by atoms with Crippen molar-refractivity contribution in [3.8, 4) is 0 Å². The minimum Gasteiger partial charge on any atom is -0.327 e. The molecule has 0 aliphatic heterocycles.